The Labute approximate surface area is 172 Å². The molecule has 1 aliphatic heterocycles. The monoisotopic (exact) mass is 408 g/mol. The Balaban J connectivity index is 1.81. The Kier molecular flexibility index (Phi) is 5.30. The van der Waals surface area contributed by atoms with Crippen molar-refractivity contribution in [1.29, 1.82) is 0 Å². The van der Waals surface area contributed by atoms with Gasteiger partial charge in [0.2, 0.25) is 0 Å². The molecule has 1 aliphatic rings. The van der Waals surface area contributed by atoms with E-state index in [9.17, 15) is 14.9 Å². The molecule has 30 heavy (non-hydrogen) atoms. The molecule has 0 radical (unpaired) electrons. The minimum absolute atomic E-state index is 0.00808. The van der Waals surface area contributed by atoms with E-state index in [0.29, 0.717) is 17.0 Å². The van der Waals surface area contributed by atoms with E-state index in [-0.39, 0.29) is 18.1 Å². The van der Waals surface area contributed by atoms with Crippen LogP contribution in [0, 0.1) is 10.1 Å². The van der Waals surface area contributed by atoms with Gasteiger partial charge < -0.3 is 14.4 Å². The van der Waals surface area contributed by atoms with Gasteiger partial charge in [-0.1, -0.05) is 30.3 Å². The normalized spacial score (nSPS) is 15.6. The number of carbonyl (C=O) groups is 1. The van der Waals surface area contributed by atoms with E-state index in [4.69, 9.17) is 9.47 Å². The van der Waals surface area contributed by atoms with Gasteiger partial charge in [-0.3, -0.25) is 20.0 Å². The molecule has 0 bridgehead atoms. The number of non-ortho nitro benzene ring substituents is 1. The molecular formula is C21H20N4O5. The molecule has 0 fully saturated rings. The maximum atomic E-state index is 13.2. The van der Waals surface area contributed by atoms with Crippen LogP contribution in [0.15, 0.2) is 54.6 Å². The van der Waals surface area contributed by atoms with E-state index >= 15 is 0 Å². The number of rotatable bonds is 7. The molecule has 1 N–H and O–H groups in total. The zero-order chi connectivity index (χ0) is 21.3. The minimum atomic E-state index is -0.583. The summed E-state index contributed by atoms with van der Waals surface area (Å²) in [4.78, 5) is 25.4. The standard InChI is InChI=1S/C21H20N4O5/c1-29-16(30-2)12-24-20(14-6-4-3-5-7-14)17-18(22-23-19(17)21(24)26)13-8-10-15(11-9-13)25(27)28/h3-11,16,20H,12H2,1-2H3,(H,22,23). The Morgan fingerprint density at radius 3 is 2.40 bits per heavy atom. The third kappa shape index (κ3) is 3.34. The van der Waals surface area contributed by atoms with Crippen LogP contribution in [0.2, 0.25) is 0 Å². The molecule has 3 aromatic rings. The van der Waals surface area contributed by atoms with Crippen LogP contribution in [0.5, 0.6) is 0 Å². The molecule has 0 aliphatic carbocycles. The Morgan fingerprint density at radius 1 is 1.13 bits per heavy atom. The zero-order valence-corrected chi connectivity index (χ0v) is 16.4. The van der Waals surface area contributed by atoms with Crippen LogP contribution in [-0.2, 0) is 9.47 Å². The van der Waals surface area contributed by atoms with Gasteiger partial charge in [0.25, 0.3) is 11.6 Å². The number of aromatic nitrogens is 2. The summed E-state index contributed by atoms with van der Waals surface area (Å²) in [7, 11) is 3.05. The van der Waals surface area contributed by atoms with Gasteiger partial charge in [0.15, 0.2) is 6.29 Å². The molecular weight excluding hydrogens is 388 g/mol. The van der Waals surface area contributed by atoms with Crippen molar-refractivity contribution in [1.82, 2.24) is 15.1 Å². The zero-order valence-electron chi connectivity index (χ0n) is 16.4. The molecule has 4 rings (SSSR count). The van der Waals surface area contributed by atoms with E-state index in [1.54, 1.807) is 17.0 Å². The molecule has 0 spiro atoms. The predicted octanol–water partition coefficient (Wildman–Crippen LogP) is 3.15. The van der Waals surface area contributed by atoms with Crippen molar-refractivity contribution in [2.45, 2.75) is 12.3 Å². The second-order valence-corrected chi connectivity index (χ2v) is 6.84. The number of fused-ring (bicyclic) bond motifs is 1. The third-order valence-electron chi connectivity index (χ3n) is 5.20. The van der Waals surface area contributed by atoms with Crippen molar-refractivity contribution in [2.24, 2.45) is 0 Å². The first-order valence-electron chi connectivity index (χ1n) is 9.29. The summed E-state index contributed by atoms with van der Waals surface area (Å²) in [6, 6.07) is 15.3. The molecule has 9 nitrogen and oxygen atoms in total. The number of carbonyl (C=O) groups excluding carboxylic acids is 1. The van der Waals surface area contributed by atoms with Gasteiger partial charge in [-0.2, -0.15) is 5.10 Å². The lowest BCUT2D eigenvalue weighted by molar-refractivity contribution is -0.384. The molecule has 1 atom stereocenters. The van der Waals surface area contributed by atoms with Gasteiger partial charge in [-0.25, -0.2) is 0 Å². The number of H-pyrrole nitrogens is 1. The fraction of sp³-hybridized carbons (Fsp3) is 0.238. The second kappa shape index (κ2) is 8.05. The lowest BCUT2D eigenvalue weighted by Gasteiger charge is -2.29. The van der Waals surface area contributed by atoms with Crippen LogP contribution in [0.1, 0.15) is 27.7 Å². The summed E-state index contributed by atoms with van der Waals surface area (Å²) in [6.45, 7) is 0.230. The molecule has 2 heterocycles. The highest BCUT2D eigenvalue weighted by Crippen LogP contribution is 2.43. The number of aromatic amines is 1. The van der Waals surface area contributed by atoms with Gasteiger partial charge in [0.05, 0.1) is 23.2 Å². The molecule has 9 heteroatoms. The van der Waals surface area contributed by atoms with E-state index < -0.39 is 17.3 Å². The maximum absolute atomic E-state index is 13.2. The van der Waals surface area contributed by atoms with Crippen LogP contribution < -0.4 is 0 Å². The van der Waals surface area contributed by atoms with Gasteiger partial charge in [0.1, 0.15) is 5.69 Å². The number of hydrogen-bond acceptors (Lipinski definition) is 6. The number of nitro benzene ring substituents is 1. The number of amides is 1. The molecule has 154 valence electrons. The molecule has 1 unspecified atom stereocenters. The number of hydrogen-bond donors (Lipinski definition) is 1. The highest BCUT2D eigenvalue weighted by atomic mass is 16.7. The number of nitrogens with one attached hydrogen (secondary N) is 1. The number of ether oxygens (including phenoxy) is 2. The average Bonchev–Trinajstić information content (AvgIpc) is 3.31. The highest BCUT2D eigenvalue weighted by Gasteiger charge is 2.43. The van der Waals surface area contributed by atoms with Gasteiger partial charge in [-0.15, -0.1) is 0 Å². The second-order valence-electron chi connectivity index (χ2n) is 6.84. The van der Waals surface area contributed by atoms with E-state index in [2.05, 4.69) is 10.2 Å². The SMILES string of the molecule is COC(CN1C(=O)c2[nH]nc(-c3ccc([N+](=O)[O-])cc3)c2C1c1ccccc1)OC. The van der Waals surface area contributed by atoms with Crippen LogP contribution in [-0.4, -0.2) is 53.0 Å². The smallest absolute Gasteiger partial charge is 0.273 e. The van der Waals surface area contributed by atoms with Gasteiger partial charge >= 0.3 is 0 Å². The van der Waals surface area contributed by atoms with E-state index in [1.807, 2.05) is 30.3 Å². The Morgan fingerprint density at radius 2 is 1.80 bits per heavy atom. The topological polar surface area (TPSA) is 111 Å². The Bertz CT molecular complexity index is 1060. The Hall–Kier alpha value is -3.56. The lowest BCUT2D eigenvalue weighted by Crippen LogP contribution is -2.38. The molecule has 2 aromatic carbocycles. The van der Waals surface area contributed by atoms with Crippen LogP contribution >= 0.6 is 0 Å². The average molecular weight is 408 g/mol. The first-order valence-corrected chi connectivity index (χ1v) is 9.29. The van der Waals surface area contributed by atoms with Gasteiger partial charge in [0, 0.05) is 37.5 Å². The van der Waals surface area contributed by atoms with Crippen molar-refractivity contribution < 1.29 is 19.2 Å². The quantitative estimate of drug-likeness (QED) is 0.365. The third-order valence-corrected chi connectivity index (χ3v) is 5.20. The first-order chi connectivity index (χ1) is 14.5. The summed E-state index contributed by atoms with van der Waals surface area (Å²) >= 11 is 0. The summed E-state index contributed by atoms with van der Waals surface area (Å²) in [6.07, 6.45) is -0.583. The summed E-state index contributed by atoms with van der Waals surface area (Å²) < 4.78 is 10.6. The number of benzene rings is 2. The minimum Gasteiger partial charge on any atom is -0.354 e. The first kappa shape index (κ1) is 19.7. The summed E-state index contributed by atoms with van der Waals surface area (Å²) in [5.41, 5.74) is 3.29. The fourth-order valence-electron chi connectivity index (χ4n) is 3.73. The lowest BCUT2D eigenvalue weighted by atomic mass is 9.96. The van der Waals surface area contributed by atoms with E-state index in [0.717, 1.165) is 11.1 Å². The summed E-state index contributed by atoms with van der Waals surface area (Å²) in [5.74, 6) is -0.210. The van der Waals surface area contributed by atoms with Crippen molar-refractivity contribution in [3.8, 4) is 11.3 Å². The number of nitro groups is 1. The van der Waals surface area contributed by atoms with Crippen molar-refractivity contribution in [2.75, 3.05) is 20.8 Å². The largest absolute Gasteiger partial charge is 0.354 e. The van der Waals surface area contributed by atoms with Crippen molar-refractivity contribution in [3.05, 3.63) is 81.5 Å². The van der Waals surface area contributed by atoms with Crippen LogP contribution in [0.3, 0.4) is 0 Å². The maximum Gasteiger partial charge on any atom is 0.273 e. The number of nitrogens with zero attached hydrogens (tertiary/aromatic N) is 3. The van der Waals surface area contributed by atoms with E-state index in [1.165, 1.54) is 26.4 Å². The molecule has 0 saturated heterocycles. The molecule has 1 aromatic heterocycles. The van der Waals surface area contributed by atoms with Crippen molar-refractivity contribution in [3.63, 3.8) is 0 Å². The van der Waals surface area contributed by atoms with Crippen LogP contribution in [0.25, 0.3) is 11.3 Å². The highest BCUT2D eigenvalue weighted by molar-refractivity contribution is 6.00. The molecule has 1 amide bonds. The van der Waals surface area contributed by atoms with Crippen LogP contribution in [0.4, 0.5) is 5.69 Å². The fourth-order valence-corrected chi connectivity index (χ4v) is 3.73. The van der Waals surface area contributed by atoms with Crippen molar-refractivity contribution >= 4 is 11.6 Å². The molecule has 0 saturated carbocycles. The number of methoxy groups -OCH3 is 2. The summed E-state index contributed by atoms with van der Waals surface area (Å²) in [5, 5.41) is 18.2. The van der Waals surface area contributed by atoms with Gasteiger partial charge in [-0.05, 0) is 17.7 Å². The predicted molar refractivity (Wildman–Crippen MR) is 108 cm³/mol.